The monoisotopic (exact) mass is 259 g/mol. The molecule has 0 fully saturated rings. The quantitative estimate of drug-likeness (QED) is 0.671. The highest BCUT2D eigenvalue weighted by atomic mass is 16.3. The van der Waals surface area contributed by atoms with Crippen molar-refractivity contribution in [2.75, 3.05) is 7.05 Å². The summed E-state index contributed by atoms with van der Waals surface area (Å²) in [6, 6.07) is 10.7. The van der Waals surface area contributed by atoms with Crippen LogP contribution in [-0.4, -0.2) is 7.05 Å². The molecule has 1 aromatic carbocycles. The number of hydrogen-bond acceptors (Lipinski definition) is 2. The van der Waals surface area contributed by atoms with Gasteiger partial charge in [0.1, 0.15) is 11.3 Å². The molecule has 1 heterocycles. The highest BCUT2D eigenvalue weighted by Gasteiger charge is 2.13. The first-order valence-corrected chi connectivity index (χ1v) is 7.51. The van der Waals surface area contributed by atoms with Crippen LogP contribution in [0.15, 0.2) is 34.7 Å². The Bertz CT molecular complexity index is 456. The van der Waals surface area contributed by atoms with Crippen molar-refractivity contribution in [3.05, 3.63) is 36.1 Å². The van der Waals surface area contributed by atoms with E-state index < -0.39 is 0 Å². The van der Waals surface area contributed by atoms with E-state index in [1.807, 2.05) is 19.2 Å². The van der Waals surface area contributed by atoms with Gasteiger partial charge in [0.15, 0.2) is 0 Å². The fourth-order valence-corrected chi connectivity index (χ4v) is 2.56. The van der Waals surface area contributed by atoms with Gasteiger partial charge in [0.05, 0.1) is 6.04 Å². The van der Waals surface area contributed by atoms with Gasteiger partial charge in [-0.3, -0.25) is 0 Å². The molecule has 1 aromatic heterocycles. The zero-order chi connectivity index (χ0) is 13.5. The highest BCUT2D eigenvalue weighted by Crippen LogP contribution is 2.26. The van der Waals surface area contributed by atoms with E-state index in [9.17, 15) is 0 Å². The van der Waals surface area contributed by atoms with Gasteiger partial charge >= 0.3 is 0 Å². The molecule has 0 saturated carbocycles. The van der Waals surface area contributed by atoms with Crippen molar-refractivity contribution in [1.29, 1.82) is 0 Å². The SMILES string of the molecule is CCCCCCCC(NC)c1cc2ccccc2o1. The summed E-state index contributed by atoms with van der Waals surface area (Å²) in [6.45, 7) is 2.25. The number of unbranched alkanes of at least 4 members (excludes halogenated alkanes) is 4. The molecule has 0 spiro atoms. The first-order chi connectivity index (χ1) is 9.35. The molecule has 2 rings (SSSR count). The molecule has 2 aromatic rings. The molecule has 0 amide bonds. The molecule has 1 N–H and O–H groups in total. The molecule has 0 radical (unpaired) electrons. The Kier molecular flexibility index (Phi) is 5.46. The van der Waals surface area contributed by atoms with E-state index in [1.165, 1.54) is 37.5 Å². The molecule has 0 aliphatic carbocycles. The molecule has 2 heteroatoms. The average Bonchev–Trinajstić information content (AvgIpc) is 2.86. The van der Waals surface area contributed by atoms with Crippen LogP contribution in [0.4, 0.5) is 0 Å². The zero-order valence-corrected chi connectivity index (χ0v) is 12.1. The van der Waals surface area contributed by atoms with Crippen molar-refractivity contribution < 1.29 is 4.42 Å². The van der Waals surface area contributed by atoms with Crippen molar-refractivity contribution in [1.82, 2.24) is 5.32 Å². The summed E-state index contributed by atoms with van der Waals surface area (Å²) in [5.74, 6) is 1.07. The van der Waals surface area contributed by atoms with E-state index >= 15 is 0 Å². The maximum Gasteiger partial charge on any atom is 0.134 e. The lowest BCUT2D eigenvalue weighted by atomic mass is 10.0. The van der Waals surface area contributed by atoms with Gasteiger partial charge in [-0.25, -0.2) is 0 Å². The van der Waals surface area contributed by atoms with Gasteiger partial charge in [-0.2, -0.15) is 0 Å². The van der Waals surface area contributed by atoms with Crippen LogP contribution in [0, 0.1) is 0 Å². The number of hydrogen-bond donors (Lipinski definition) is 1. The maximum atomic E-state index is 5.94. The van der Waals surface area contributed by atoms with E-state index in [0.29, 0.717) is 6.04 Å². The molecule has 2 nitrogen and oxygen atoms in total. The second-order valence-electron chi connectivity index (χ2n) is 5.23. The molecule has 19 heavy (non-hydrogen) atoms. The van der Waals surface area contributed by atoms with Crippen molar-refractivity contribution >= 4 is 11.0 Å². The first kappa shape index (κ1) is 14.1. The summed E-state index contributed by atoms with van der Waals surface area (Å²) >= 11 is 0. The number of para-hydroxylation sites is 1. The molecule has 0 aliphatic rings. The third kappa shape index (κ3) is 3.84. The maximum absolute atomic E-state index is 5.94. The summed E-state index contributed by atoms with van der Waals surface area (Å²) in [5, 5.41) is 4.57. The summed E-state index contributed by atoms with van der Waals surface area (Å²) in [7, 11) is 2.02. The summed E-state index contributed by atoms with van der Waals surface area (Å²) in [6.07, 6.45) is 7.76. The van der Waals surface area contributed by atoms with E-state index in [2.05, 4.69) is 30.4 Å². The minimum atomic E-state index is 0.342. The standard InChI is InChI=1S/C17H25NO/c1-3-4-5-6-7-11-15(18-2)17-13-14-10-8-9-12-16(14)19-17/h8-10,12-13,15,18H,3-7,11H2,1-2H3. The van der Waals surface area contributed by atoms with E-state index in [-0.39, 0.29) is 0 Å². The Hall–Kier alpha value is -1.28. The van der Waals surface area contributed by atoms with Crippen molar-refractivity contribution in [3.8, 4) is 0 Å². The topological polar surface area (TPSA) is 25.2 Å². The van der Waals surface area contributed by atoms with Gasteiger partial charge in [0.2, 0.25) is 0 Å². The molecule has 0 saturated heterocycles. The number of furan rings is 1. The number of nitrogens with one attached hydrogen (secondary N) is 1. The molecule has 0 aliphatic heterocycles. The lowest BCUT2D eigenvalue weighted by Gasteiger charge is -2.13. The fraction of sp³-hybridized carbons (Fsp3) is 0.529. The molecule has 1 unspecified atom stereocenters. The molecular weight excluding hydrogens is 234 g/mol. The average molecular weight is 259 g/mol. The lowest BCUT2D eigenvalue weighted by Crippen LogP contribution is -2.15. The van der Waals surface area contributed by atoms with Crippen LogP contribution in [0.1, 0.15) is 57.3 Å². The van der Waals surface area contributed by atoms with Crippen LogP contribution in [0.3, 0.4) is 0 Å². The van der Waals surface area contributed by atoms with Gasteiger partial charge in [0, 0.05) is 5.39 Å². The molecule has 1 atom stereocenters. The fourth-order valence-electron chi connectivity index (χ4n) is 2.56. The number of fused-ring (bicyclic) bond motifs is 1. The van der Waals surface area contributed by atoms with Gasteiger partial charge in [-0.1, -0.05) is 57.2 Å². The Morgan fingerprint density at radius 1 is 1.11 bits per heavy atom. The van der Waals surface area contributed by atoms with Crippen LogP contribution >= 0.6 is 0 Å². The minimum Gasteiger partial charge on any atom is -0.459 e. The summed E-state index contributed by atoms with van der Waals surface area (Å²) < 4.78 is 5.94. The number of benzene rings is 1. The first-order valence-electron chi connectivity index (χ1n) is 7.51. The summed E-state index contributed by atoms with van der Waals surface area (Å²) in [5.41, 5.74) is 0.990. The zero-order valence-electron chi connectivity index (χ0n) is 12.1. The second kappa shape index (κ2) is 7.34. The Morgan fingerprint density at radius 3 is 2.63 bits per heavy atom. The van der Waals surface area contributed by atoms with Gasteiger partial charge in [0.25, 0.3) is 0 Å². The van der Waals surface area contributed by atoms with Crippen LogP contribution in [0.5, 0.6) is 0 Å². The number of rotatable bonds is 8. The van der Waals surface area contributed by atoms with Crippen LogP contribution < -0.4 is 5.32 Å². The Labute approximate surface area is 116 Å². The van der Waals surface area contributed by atoms with Crippen molar-refractivity contribution in [2.24, 2.45) is 0 Å². The smallest absolute Gasteiger partial charge is 0.134 e. The van der Waals surface area contributed by atoms with E-state index in [0.717, 1.165) is 17.8 Å². The Balaban J connectivity index is 1.93. The van der Waals surface area contributed by atoms with Crippen LogP contribution in [-0.2, 0) is 0 Å². The van der Waals surface area contributed by atoms with Gasteiger partial charge < -0.3 is 9.73 Å². The van der Waals surface area contributed by atoms with Crippen LogP contribution in [0.25, 0.3) is 11.0 Å². The molecular formula is C17H25NO. The summed E-state index contributed by atoms with van der Waals surface area (Å²) in [4.78, 5) is 0. The molecule has 0 bridgehead atoms. The van der Waals surface area contributed by atoms with Crippen molar-refractivity contribution in [3.63, 3.8) is 0 Å². The normalized spacial score (nSPS) is 12.9. The minimum absolute atomic E-state index is 0.342. The Morgan fingerprint density at radius 2 is 1.89 bits per heavy atom. The van der Waals surface area contributed by atoms with Crippen molar-refractivity contribution in [2.45, 2.75) is 51.5 Å². The largest absolute Gasteiger partial charge is 0.459 e. The predicted octanol–water partition coefficient (Wildman–Crippen LogP) is 5.05. The predicted molar refractivity (Wildman–Crippen MR) is 81.4 cm³/mol. The van der Waals surface area contributed by atoms with Crippen LogP contribution in [0.2, 0.25) is 0 Å². The third-order valence-electron chi connectivity index (χ3n) is 3.73. The third-order valence-corrected chi connectivity index (χ3v) is 3.73. The molecule has 104 valence electrons. The van der Waals surface area contributed by atoms with E-state index in [1.54, 1.807) is 0 Å². The highest BCUT2D eigenvalue weighted by molar-refractivity contribution is 5.77. The second-order valence-corrected chi connectivity index (χ2v) is 5.23. The van der Waals surface area contributed by atoms with Gasteiger partial charge in [-0.15, -0.1) is 0 Å². The van der Waals surface area contributed by atoms with Gasteiger partial charge in [-0.05, 0) is 25.6 Å². The lowest BCUT2D eigenvalue weighted by molar-refractivity contribution is 0.417. The van der Waals surface area contributed by atoms with E-state index in [4.69, 9.17) is 4.42 Å².